The molecule has 0 spiro atoms. The van der Waals surface area contributed by atoms with Crippen LogP contribution in [0.25, 0.3) is 0 Å². The number of hydrogen-bond donors (Lipinski definition) is 1. The number of hydrogen-bond acceptors (Lipinski definition) is 2. The standard InChI is InChI=1S/C14H17ClFNO/c1-9(18)12(8-17-7-10-2-3-10)11-4-5-13(15)14(16)6-11/h4-6,10,12,17H,2-3,7-8H2,1H3. The summed E-state index contributed by atoms with van der Waals surface area (Å²) in [4.78, 5) is 11.6. The quantitative estimate of drug-likeness (QED) is 0.860. The molecule has 1 N–H and O–H groups in total. The Kier molecular flexibility index (Phi) is 4.36. The number of rotatable bonds is 6. The fraction of sp³-hybridized carbons (Fsp3) is 0.500. The summed E-state index contributed by atoms with van der Waals surface area (Å²) in [6.45, 7) is 3.04. The Morgan fingerprint density at radius 1 is 1.56 bits per heavy atom. The second-order valence-electron chi connectivity index (χ2n) is 4.94. The molecule has 1 aliphatic rings. The van der Waals surface area contributed by atoms with Crippen molar-refractivity contribution in [2.75, 3.05) is 13.1 Å². The van der Waals surface area contributed by atoms with Crippen molar-refractivity contribution in [2.45, 2.75) is 25.7 Å². The van der Waals surface area contributed by atoms with Crippen LogP contribution in [0.4, 0.5) is 4.39 Å². The first-order valence-corrected chi connectivity index (χ1v) is 6.62. The molecule has 18 heavy (non-hydrogen) atoms. The summed E-state index contributed by atoms with van der Waals surface area (Å²) in [5.74, 6) is 0.0395. The first-order chi connectivity index (χ1) is 8.58. The highest BCUT2D eigenvalue weighted by Gasteiger charge is 2.22. The SMILES string of the molecule is CC(=O)C(CNCC1CC1)c1ccc(Cl)c(F)c1. The average molecular weight is 270 g/mol. The molecule has 0 aromatic heterocycles. The average Bonchev–Trinajstić information content (AvgIpc) is 3.12. The number of ketones is 1. The van der Waals surface area contributed by atoms with Gasteiger partial charge in [0.05, 0.1) is 10.9 Å². The molecule has 0 heterocycles. The molecule has 1 unspecified atom stereocenters. The maximum atomic E-state index is 13.4. The largest absolute Gasteiger partial charge is 0.315 e. The zero-order valence-electron chi connectivity index (χ0n) is 10.4. The molecule has 1 fully saturated rings. The Bertz CT molecular complexity index is 445. The van der Waals surface area contributed by atoms with Gasteiger partial charge in [-0.1, -0.05) is 17.7 Å². The van der Waals surface area contributed by atoms with Gasteiger partial charge in [-0.05, 0) is 49.9 Å². The molecular weight excluding hydrogens is 253 g/mol. The van der Waals surface area contributed by atoms with E-state index in [9.17, 15) is 9.18 Å². The minimum Gasteiger partial charge on any atom is -0.315 e. The summed E-state index contributed by atoms with van der Waals surface area (Å²) >= 11 is 5.64. The van der Waals surface area contributed by atoms with Crippen molar-refractivity contribution < 1.29 is 9.18 Å². The lowest BCUT2D eigenvalue weighted by atomic mass is 9.95. The lowest BCUT2D eigenvalue weighted by Gasteiger charge is -2.15. The molecule has 4 heteroatoms. The Balaban J connectivity index is 2.02. The number of benzene rings is 1. The van der Waals surface area contributed by atoms with E-state index < -0.39 is 5.82 Å². The van der Waals surface area contributed by atoms with Gasteiger partial charge in [-0.15, -0.1) is 0 Å². The Morgan fingerprint density at radius 2 is 2.28 bits per heavy atom. The zero-order valence-corrected chi connectivity index (χ0v) is 11.1. The first-order valence-electron chi connectivity index (χ1n) is 6.24. The van der Waals surface area contributed by atoms with Gasteiger partial charge in [-0.3, -0.25) is 4.79 Å². The summed E-state index contributed by atoms with van der Waals surface area (Å²) in [6, 6.07) is 4.58. The lowest BCUT2D eigenvalue weighted by molar-refractivity contribution is -0.118. The zero-order chi connectivity index (χ0) is 13.1. The van der Waals surface area contributed by atoms with Crippen molar-refractivity contribution in [1.29, 1.82) is 0 Å². The van der Waals surface area contributed by atoms with E-state index in [1.807, 2.05) is 0 Å². The van der Waals surface area contributed by atoms with E-state index in [1.165, 1.54) is 31.9 Å². The van der Waals surface area contributed by atoms with E-state index in [0.717, 1.165) is 12.5 Å². The summed E-state index contributed by atoms with van der Waals surface area (Å²) < 4.78 is 13.4. The van der Waals surface area contributed by atoms with E-state index in [4.69, 9.17) is 11.6 Å². The highest BCUT2D eigenvalue weighted by Crippen LogP contribution is 2.28. The van der Waals surface area contributed by atoms with Gasteiger partial charge >= 0.3 is 0 Å². The molecule has 98 valence electrons. The van der Waals surface area contributed by atoms with Gasteiger partial charge < -0.3 is 5.32 Å². The van der Waals surface area contributed by atoms with Crippen LogP contribution < -0.4 is 5.32 Å². The Labute approximate surface area is 112 Å². The predicted molar refractivity (Wildman–Crippen MR) is 70.4 cm³/mol. The van der Waals surface area contributed by atoms with E-state index >= 15 is 0 Å². The van der Waals surface area contributed by atoms with E-state index in [1.54, 1.807) is 6.07 Å². The molecule has 0 amide bonds. The van der Waals surface area contributed by atoms with Crippen LogP contribution in [0.2, 0.25) is 5.02 Å². The second-order valence-corrected chi connectivity index (χ2v) is 5.35. The van der Waals surface area contributed by atoms with Crippen LogP contribution in [-0.2, 0) is 4.79 Å². The van der Waals surface area contributed by atoms with Crippen LogP contribution in [0.3, 0.4) is 0 Å². The van der Waals surface area contributed by atoms with Crippen molar-refractivity contribution in [3.63, 3.8) is 0 Å². The molecule has 1 aliphatic carbocycles. The smallest absolute Gasteiger partial charge is 0.142 e. The molecule has 0 aliphatic heterocycles. The fourth-order valence-electron chi connectivity index (χ4n) is 1.98. The van der Waals surface area contributed by atoms with Gasteiger partial charge in [-0.2, -0.15) is 0 Å². The maximum absolute atomic E-state index is 13.4. The highest BCUT2D eigenvalue weighted by atomic mass is 35.5. The second kappa shape index (κ2) is 5.81. The number of carbonyl (C=O) groups excluding carboxylic acids is 1. The van der Waals surface area contributed by atoms with Gasteiger partial charge in [0.1, 0.15) is 11.6 Å². The van der Waals surface area contributed by atoms with Crippen molar-refractivity contribution in [3.05, 3.63) is 34.6 Å². The lowest BCUT2D eigenvalue weighted by Crippen LogP contribution is -2.27. The Morgan fingerprint density at radius 3 is 2.83 bits per heavy atom. The molecular formula is C14H17ClFNO. The van der Waals surface area contributed by atoms with Crippen LogP contribution in [0, 0.1) is 11.7 Å². The minimum atomic E-state index is -0.470. The molecule has 1 saturated carbocycles. The third-order valence-electron chi connectivity index (χ3n) is 3.32. The number of carbonyl (C=O) groups is 1. The Hall–Kier alpha value is -0.930. The molecule has 1 aromatic carbocycles. The van der Waals surface area contributed by atoms with Gasteiger partial charge in [0.15, 0.2) is 0 Å². The maximum Gasteiger partial charge on any atom is 0.142 e. The van der Waals surface area contributed by atoms with Crippen molar-refractivity contribution in [2.24, 2.45) is 5.92 Å². The van der Waals surface area contributed by atoms with Crippen LogP contribution >= 0.6 is 11.6 Å². The van der Waals surface area contributed by atoms with Crippen molar-refractivity contribution >= 4 is 17.4 Å². The molecule has 0 radical (unpaired) electrons. The molecule has 2 nitrogen and oxygen atoms in total. The van der Waals surface area contributed by atoms with E-state index in [0.29, 0.717) is 12.1 Å². The summed E-state index contributed by atoms with van der Waals surface area (Å²) in [5, 5.41) is 3.37. The molecule has 2 rings (SSSR count). The highest BCUT2D eigenvalue weighted by molar-refractivity contribution is 6.30. The fourth-order valence-corrected chi connectivity index (χ4v) is 2.10. The van der Waals surface area contributed by atoms with Gasteiger partial charge in [0.25, 0.3) is 0 Å². The monoisotopic (exact) mass is 269 g/mol. The number of Topliss-reactive ketones (excluding diaryl/α,β-unsaturated/α-hetero) is 1. The minimum absolute atomic E-state index is 0.0417. The van der Waals surface area contributed by atoms with E-state index in [2.05, 4.69) is 5.32 Å². The topological polar surface area (TPSA) is 29.1 Å². The first kappa shape index (κ1) is 13.5. The van der Waals surface area contributed by atoms with Crippen molar-refractivity contribution in [1.82, 2.24) is 5.32 Å². The predicted octanol–water partition coefficient (Wildman–Crippen LogP) is 3.15. The van der Waals surface area contributed by atoms with Crippen LogP contribution in [0.15, 0.2) is 18.2 Å². The van der Waals surface area contributed by atoms with Gasteiger partial charge in [0.2, 0.25) is 0 Å². The third kappa shape index (κ3) is 3.53. The number of halogens is 2. The normalized spacial score (nSPS) is 16.6. The van der Waals surface area contributed by atoms with Crippen LogP contribution in [0.5, 0.6) is 0 Å². The van der Waals surface area contributed by atoms with Gasteiger partial charge in [-0.25, -0.2) is 4.39 Å². The summed E-state index contributed by atoms with van der Waals surface area (Å²) in [7, 11) is 0. The molecule has 1 atom stereocenters. The van der Waals surface area contributed by atoms with Crippen LogP contribution in [0.1, 0.15) is 31.2 Å². The molecule has 1 aromatic rings. The van der Waals surface area contributed by atoms with Crippen LogP contribution in [-0.4, -0.2) is 18.9 Å². The van der Waals surface area contributed by atoms with E-state index in [-0.39, 0.29) is 16.7 Å². The number of nitrogens with one attached hydrogen (secondary N) is 1. The summed E-state index contributed by atoms with van der Waals surface area (Å²) in [6.07, 6.45) is 2.54. The third-order valence-corrected chi connectivity index (χ3v) is 3.62. The van der Waals surface area contributed by atoms with Crippen molar-refractivity contribution in [3.8, 4) is 0 Å². The molecule has 0 saturated heterocycles. The molecule has 0 bridgehead atoms. The summed E-state index contributed by atoms with van der Waals surface area (Å²) in [5.41, 5.74) is 0.688. The van der Waals surface area contributed by atoms with Gasteiger partial charge in [0, 0.05) is 6.54 Å².